The average Bonchev–Trinajstić information content (AvgIpc) is 3.24. The summed E-state index contributed by atoms with van der Waals surface area (Å²) in [6, 6.07) is 15.3. The van der Waals surface area contributed by atoms with Gasteiger partial charge in [0.1, 0.15) is 0 Å². The fourth-order valence-corrected chi connectivity index (χ4v) is 5.08. The topological polar surface area (TPSA) is 35.6 Å². The van der Waals surface area contributed by atoms with Crippen molar-refractivity contribution >= 4 is 11.6 Å². The number of hydrogen-bond acceptors (Lipinski definition) is 3. The molecule has 0 spiro atoms. The highest BCUT2D eigenvalue weighted by atomic mass is 16.2. The quantitative estimate of drug-likeness (QED) is 0.784. The Morgan fingerprint density at radius 2 is 1.79 bits per heavy atom. The molecule has 4 heteroatoms. The van der Waals surface area contributed by atoms with Crippen LogP contribution in [-0.2, 0) is 0 Å². The number of nitrogens with zero attached hydrogens (tertiary/aromatic N) is 2. The van der Waals surface area contributed by atoms with Crippen LogP contribution in [0.1, 0.15) is 45.4 Å². The number of likely N-dealkylation sites (N-methyl/N-ethyl adjacent to an activating group) is 1. The van der Waals surface area contributed by atoms with E-state index in [0.717, 1.165) is 43.9 Å². The summed E-state index contributed by atoms with van der Waals surface area (Å²) in [7, 11) is 2.12. The summed E-state index contributed by atoms with van der Waals surface area (Å²) in [5, 5.41) is 3.80. The number of carbonyl (C=O) groups excluding carboxylic acids is 1. The van der Waals surface area contributed by atoms with Gasteiger partial charge >= 0.3 is 0 Å². The van der Waals surface area contributed by atoms with Crippen molar-refractivity contribution in [2.45, 2.75) is 25.3 Å². The van der Waals surface area contributed by atoms with E-state index in [0.29, 0.717) is 11.8 Å². The van der Waals surface area contributed by atoms with Gasteiger partial charge in [-0.05, 0) is 43.5 Å². The summed E-state index contributed by atoms with van der Waals surface area (Å²) >= 11 is 0. The first kappa shape index (κ1) is 18.4. The van der Waals surface area contributed by atoms with Gasteiger partial charge in [0.05, 0.1) is 17.3 Å². The summed E-state index contributed by atoms with van der Waals surface area (Å²) < 4.78 is 0. The predicted octanol–water partition coefficient (Wildman–Crippen LogP) is 4.21. The van der Waals surface area contributed by atoms with Crippen LogP contribution in [0.3, 0.4) is 0 Å². The number of nitrogens with one attached hydrogen (secondary N) is 1. The molecule has 0 radical (unpaired) electrons. The molecule has 3 unspecified atom stereocenters. The second-order valence-electron chi connectivity index (χ2n) is 8.75. The minimum Gasteiger partial charge on any atom is -0.377 e. The van der Waals surface area contributed by atoms with Gasteiger partial charge in [0.2, 0.25) is 0 Å². The predicted molar refractivity (Wildman–Crippen MR) is 117 cm³/mol. The summed E-state index contributed by atoms with van der Waals surface area (Å²) in [5.41, 5.74) is 5.71. The average molecular weight is 388 g/mol. The lowest BCUT2D eigenvalue weighted by atomic mass is 9.76. The van der Waals surface area contributed by atoms with Crippen molar-refractivity contribution in [1.82, 2.24) is 9.80 Å². The molecule has 5 rings (SSSR count). The van der Waals surface area contributed by atoms with Gasteiger partial charge in [0.25, 0.3) is 5.91 Å². The molecule has 3 aliphatic rings. The Morgan fingerprint density at radius 3 is 2.55 bits per heavy atom. The van der Waals surface area contributed by atoms with Gasteiger partial charge in [-0.25, -0.2) is 0 Å². The van der Waals surface area contributed by atoms with Crippen LogP contribution in [0.25, 0.3) is 0 Å². The number of piperazine rings is 1. The molecule has 1 N–H and O–H groups in total. The van der Waals surface area contributed by atoms with Gasteiger partial charge in [-0.3, -0.25) is 4.79 Å². The standard InChI is InChI=1S/C25H29N3O/c1-17-9-11-18(12-10-17)23-20-6-3-5-19(20)21-7-4-8-22(24(21)26-23)25(29)28-15-13-27(2)14-16-28/h3-5,7-12,19-20,23,26H,6,13-16H2,1-2H3. The Morgan fingerprint density at radius 1 is 1.03 bits per heavy atom. The number of para-hydroxylation sites is 1. The van der Waals surface area contributed by atoms with E-state index in [4.69, 9.17) is 0 Å². The van der Waals surface area contributed by atoms with Crippen LogP contribution in [0, 0.1) is 12.8 Å². The molecule has 2 aromatic rings. The molecule has 3 atom stereocenters. The molecule has 2 heterocycles. The van der Waals surface area contributed by atoms with Gasteiger partial charge < -0.3 is 15.1 Å². The van der Waals surface area contributed by atoms with Gasteiger partial charge in [-0.2, -0.15) is 0 Å². The Labute approximate surface area is 173 Å². The van der Waals surface area contributed by atoms with Crippen molar-refractivity contribution < 1.29 is 4.79 Å². The molecule has 2 aliphatic heterocycles. The number of allylic oxidation sites excluding steroid dienone is 2. The van der Waals surface area contributed by atoms with E-state index < -0.39 is 0 Å². The van der Waals surface area contributed by atoms with Crippen molar-refractivity contribution in [3.05, 3.63) is 76.9 Å². The Kier molecular flexibility index (Phi) is 4.67. The van der Waals surface area contributed by atoms with Crippen LogP contribution in [0.5, 0.6) is 0 Å². The van der Waals surface area contributed by atoms with Gasteiger partial charge in [0, 0.05) is 32.1 Å². The number of rotatable bonds is 2. The van der Waals surface area contributed by atoms with Crippen LogP contribution in [-0.4, -0.2) is 48.9 Å². The molecular weight excluding hydrogens is 358 g/mol. The third-order valence-electron chi connectivity index (χ3n) is 6.85. The molecule has 29 heavy (non-hydrogen) atoms. The SMILES string of the molecule is Cc1ccc(C2Nc3c(C(=O)N4CCN(C)CC4)cccc3C3C=CCC32)cc1. The summed E-state index contributed by atoms with van der Waals surface area (Å²) in [6.45, 7) is 5.60. The summed E-state index contributed by atoms with van der Waals surface area (Å²) in [5.74, 6) is 1.03. The van der Waals surface area contributed by atoms with E-state index in [1.165, 1.54) is 16.7 Å². The lowest BCUT2D eigenvalue weighted by Gasteiger charge is -2.39. The van der Waals surface area contributed by atoms with Crippen molar-refractivity contribution in [1.29, 1.82) is 0 Å². The molecule has 0 aromatic heterocycles. The van der Waals surface area contributed by atoms with Crippen molar-refractivity contribution in [3.63, 3.8) is 0 Å². The smallest absolute Gasteiger partial charge is 0.256 e. The zero-order valence-electron chi connectivity index (χ0n) is 17.3. The molecule has 150 valence electrons. The highest BCUT2D eigenvalue weighted by Gasteiger charge is 2.39. The first-order chi connectivity index (χ1) is 14.1. The number of carbonyl (C=O) groups is 1. The molecule has 1 aliphatic carbocycles. The minimum absolute atomic E-state index is 0.158. The first-order valence-corrected chi connectivity index (χ1v) is 10.7. The van der Waals surface area contributed by atoms with Crippen LogP contribution in [0.15, 0.2) is 54.6 Å². The largest absolute Gasteiger partial charge is 0.377 e. The zero-order chi connectivity index (χ0) is 20.0. The van der Waals surface area contributed by atoms with Crippen molar-refractivity contribution in [3.8, 4) is 0 Å². The first-order valence-electron chi connectivity index (χ1n) is 10.7. The number of aryl methyl sites for hydroxylation is 1. The Bertz CT molecular complexity index is 941. The van der Waals surface area contributed by atoms with E-state index in [9.17, 15) is 4.79 Å². The van der Waals surface area contributed by atoms with E-state index in [1.54, 1.807) is 0 Å². The second-order valence-corrected chi connectivity index (χ2v) is 8.75. The van der Waals surface area contributed by atoms with Crippen LogP contribution in [0.2, 0.25) is 0 Å². The molecule has 1 amide bonds. The van der Waals surface area contributed by atoms with E-state index in [1.807, 2.05) is 11.0 Å². The second kappa shape index (κ2) is 7.34. The molecule has 1 saturated heterocycles. The van der Waals surface area contributed by atoms with Gasteiger partial charge in [-0.1, -0.05) is 54.1 Å². The van der Waals surface area contributed by atoms with Gasteiger partial charge in [0.15, 0.2) is 0 Å². The molecule has 0 saturated carbocycles. The van der Waals surface area contributed by atoms with Crippen LogP contribution in [0.4, 0.5) is 5.69 Å². The Hall–Kier alpha value is -2.59. The van der Waals surface area contributed by atoms with Crippen LogP contribution >= 0.6 is 0 Å². The van der Waals surface area contributed by atoms with Crippen molar-refractivity contribution in [2.24, 2.45) is 5.92 Å². The number of hydrogen-bond donors (Lipinski definition) is 1. The molecule has 2 aromatic carbocycles. The monoisotopic (exact) mass is 387 g/mol. The van der Waals surface area contributed by atoms with Crippen LogP contribution < -0.4 is 5.32 Å². The normalized spacial score (nSPS) is 26.0. The minimum atomic E-state index is 0.158. The van der Waals surface area contributed by atoms with E-state index >= 15 is 0 Å². The molecule has 0 bridgehead atoms. The number of amides is 1. The third-order valence-corrected chi connectivity index (χ3v) is 6.85. The maximum absolute atomic E-state index is 13.4. The highest BCUT2D eigenvalue weighted by molar-refractivity contribution is 6.01. The molecule has 1 fully saturated rings. The third kappa shape index (κ3) is 3.25. The Balaban J connectivity index is 1.52. The molecule has 4 nitrogen and oxygen atoms in total. The van der Waals surface area contributed by atoms with Gasteiger partial charge in [-0.15, -0.1) is 0 Å². The highest BCUT2D eigenvalue weighted by Crippen LogP contribution is 2.50. The summed E-state index contributed by atoms with van der Waals surface area (Å²) in [4.78, 5) is 17.7. The van der Waals surface area contributed by atoms with E-state index in [-0.39, 0.29) is 11.9 Å². The van der Waals surface area contributed by atoms with Crippen molar-refractivity contribution in [2.75, 3.05) is 38.5 Å². The molecular formula is C25H29N3O. The number of benzene rings is 2. The fraction of sp³-hybridized carbons (Fsp3) is 0.400. The fourth-order valence-electron chi connectivity index (χ4n) is 5.08. The summed E-state index contributed by atoms with van der Waals surface area (Å²) in [6.07, 6.45) is 5.73. The lowest BCUT2D eigenvalue weighted by Crippen LogP contribution is -2.47. The number of anilines is 1. The number of fused-ring (bicyclic) bond motifs is 3. The lowest BCUT2D eigenvalue weighted by molar-refractivity contribution is 0.0664. The van der Waals surface area contributed by atoms with E-state index in [2.05, 4.69) is 72.7 Å². The maximum Gasteiger partial charge on any atom is 0.256 e. The maximum atomic E-state index is 13.4. The zero-order valence-corrected chi connectivity index (χ0v) is 17.3.